The van der Waals surface area contributed by atoms with E-state index in [4.69, 9.17) is 0 Å². The van der Waals surface area contributed by atoms with Crippen molar-refractivity contribution in [2.24, 2.45) is 0 Å². The minimum Gasteiger partial charge on any atom is -0.0639 e. The molecule has 3 aliphatic rings. The summed E-state index contributed by atoms with van der Waals surface area (Å²) in [6.45, 7) is 4.75. The zero-order valence-electron chi connectivity index (χ0n) is 23.4. The number of allylic oxidation sites excluding steroid dienone is 2. The van der Waals surface area contributed by atoms with Crippen molar-refractivity contribution in [2.45, 2.75) is 31.1 Å². The molecule has 0 saturated heterocycles. The van der Waals surface area contributed by atoms with Gasteiger partial charge >= 0.3 is 0 Å². The molecule has 0 heterocycles. The fourth-order valence-electron chi connectivity index (χ4n) is 8.97. The highest BCUT2D eigenvalue weighted by atomic mass is 14.6. The highest BCUT2D eigenvalue weighted by Crippen LogP contribution is 2.67. The van der Waals surface area contributed by atoms with Crippen LogP contribution in [0.25, 0.3) is 44.8 Å². The van der Waals surface area contributed by atoms with E-state index in [1.807, 2.05) is 0 Å². The minimum atomic E-state index is -0.308. The Hall–Kier alpha value is -4.68. The molecule has 0 amide bonds. The lowest BCUT2D eigenvalue weighted by molar-refractivity contribution is 0.405. The Morgan fingerprint density at radius 3 is 1.32 bits per heavy atom. The molecule has 0 fully saturated rings. The molecule has 9 rings (SSSR count). The van der Waals surface area contributed by atoms with Crippen LogP contribution < -0.4 is 0 Å². The van der Waals surface area contributed by atoms with Crippen molar-refractivity contribution >= 4 is 33.7 Å². The topological polar surface area (TPSA) is 0 Å². The van der Waals surface area contributed by atoms with Gasteiger partial charge in [-0.25, -0.2) is 0 Å². The lowest BCUT2D eigenvalue weighted by atomic mass is 9.52. The zero-order chi connectivity index (χ0) is 27.3. The Bertz CT molecular complexity index is 1970. The molecule has 2 atom stereocenters. The Balaban J connectivity index is 1.48. The maximum Gasteiger partial charge on any atom is 0.0426 e. The van der Waals surface area contributed by atoms with Gasteiger partial charge in [0.15, 0.2) is 0 Å². The van der Waals surface area contributed by atoms with E-state index in [0.717, 1.165) is 0 Å². The van der Waals surface area contributed by atoms with Crippen LogP contribution in [-0.2, 0) is 5.41 Å². The number of fused-ring (bicyclic) bond motifs is 3. The number of hydrogen-bond donors (Lipinski definition) is 0. The average molecular weight is 523 g/mol. The predicted molar refractivity (Wildman–Crippen MR) is 173 cm³/mol. The Kier molecular flexibility index (Phi) is 4.60. The van der Waals surface area contributed by atoms with Gasteiger partial charge < -0.3 is 0 Å². The van der Waals surface area contributed by atoms with Crippen LogP contribution in [0.15, 0.2) is 132 Å². The maximum atomic E-state index is 2.47. The summed E-state index contributed by atoms with van der Waals surface area (Å²) in [6.07, 6.45) is 4.95. The second kappa shape index (κ2) is 8.18. The molecule has 0 nitrogen and oxygen atoms in total. The van der Waals surface area contributed by atoms with E-state index in [1.54, 1.807) is 0 Å². The van der Waals surface area contributed by atoms with Gasteiger partial charge in [-0.2, -0.15) is 0 Å². The molecule has 6 aromatic carbocycles. The summed E-state index contributed by atoms with van der Waals surface area (Å²) >= 11 is 0. The van der Waals surface area contributed by atoms with E-state index >= 15 is 0 Å². The first-order valence-corrected chi connectivity index (χ1v) is 14.8. The van der Waals surface area contributed by atoms with Crippen LogP contribution >= 0.6 is 0 Å². The van der Waals surface area contributed by atoms with Gasteiger partial charge in [0.25, 0.3) is 0 Å². The molecule has 2 unspecified atom stereocenters. The average Bonchev–Trinajstić information content (AvgIpc) is 3.28. The third kappa shape index (κ3) is 2.85. The third-order valence-corrected chi connectivity index (χ3v) is 10.2. The Morgan fingerprint density at radius 1 is 0.439 bits per heavy atom. The third-order valence-electron chi connectivity index (χ3n) is 10.2. The highest BCUT2D eigenvalue weighted by Gasteiger charge is 2.56. The summed E-state index contributed by atoms with van der Waals surface area (Å²) in [5.74, 6) is 0.361. The van der Waals surface area contributed by atoms with Gasteiger partial charge in [-0.05, 0) is 79.9 Å². The van der Waals surface area contributed by atoms with Gasteiger partial charge in [-0.15, -0.1) is 0 Å². The van der Waals surface area contributed by atoms with Crippen LogP contribution in [0.2, 0.25) is 0 Å². The first-order chi connectivity index (χ1) is 20.2. The Morgan fingerprint density at radius 2 is 0.854 bits per heavy atom. The Labute approximate surface area is 241 Å². The van der Waals surface area contributed by atoms with Crippen LogP contribution in [0.3, 0.4) is 0 Å². The summed E-state index contributed by atoms with van der Waals surface area (Å²) < 4.78 is 0. The van der Waals surface area contributed by atoms with Gasteiger partial charge in [-0.1, -0.05) is 145 Å². The van der Waals surface area contributed by atoms with E-state index in [9.17, 15) is 0 Å². The van der Waals surface area contributed by atoms with E-state index in [1.165, 1.54) is 77.2 Å². The van der Waals surface area contributed by atoms with Crippen LogP contribution in [0.4, 0.5) is 0 Å². The molecule has 41 heavy (non-hydrogen) atoms. The lowest BCUT2D eigenvalue weighted by Crippen LogP contribution is -2.42. The van der Waals surface area contributed by atoms with Crippen LogP contribution in [0.5, 0.6) is 0 Å². The van der Waals surface area contributed by atoms with Crippen molar-refractivity contribution in [1.82, 2.24) is 0 Å². The number of hydrogen-bond acceptors (Lipinski definition) is 0. The highest BCUT2D eigenvalue weighted by molar-refractivity contribution is 6.00. The van der Waals surface area contributed by atoms with E-state index < -0.39 is 0 Å². The summed E-state index contributed by atoms with van der Waals surface area (Å²) in [4.78, 5) is 0. The van der Waals surface area contributed by atoms with Crippen molar-refractivity contribution < 1.29 is 0 Å². The van der Waals surface area contributed by atoms with Crippen molar-refractivity contribution in [3.05, 3.63) is 166 Å². The maximum absolute atomic E-state index is 2.47. The summed E-state index contributed by atoms with van der Waals surface area (Å²) in [5.41, 5.74) is 13.8. The molecule has 0 aliphatic heterocycles. The second-order valence-electron chi connectivity index (χ2n) is 12.2. The predicted octanol–water partition coefficient (Wildman–Crippen LogP) is 10.7. The summed E-state index contributed by atoms with van der Waals surface area (Å²) in [7, 11) is 0. The molecule has 0 heteroatoms. The van der Waals surface area contributed by atoms with Crippen molar-refractivity contribution in [3.63, 3.8) is 0 Å². The number of rotatable bonds is 2. The van der Waals surface area contributed by atoms with E-state index in [0.29, 0.717) is 0 Å². The van der Waals surface area contributed by atoms with Crippen molar-refractivity contribution in [2.75, 3.05) is 0 Å². The minimum absolute atomic E-state index is 0.180. The molecular weight excluding hydrogens is 492 g/mol. The van der Waals surface area contributed by atoms with Crippen LogP contribution in [-0.4, -0.2) is 0 Å². The fraction of sp³-hybridized carbons (Fsp3) is 0.122. The van der Waals surface area contributed by atoms with E-state index in [2.05, 4.69) is 147 Å². The van der Waals surface area contributed by atoms with Gasteiger partial charge in [0, 0.05) is 17.3 Å². The van der Waals surface area contributed by atoms with Crippen LogP contribution in [0.1, 0.15) is 59.1 Å². The summed E-state index contributed by atoms with van der Waals surface area (Å²) in [6, 6.07) is 46.0. The molecule has 0 aromatic heterocycles. The van der Waals surface area contributed by atoms with Crippen molar-refractivity contribution in [1.29, 1.82) is 0 Å². The van der Waals surface area contributed by atoms with E-state index in [-0.39, 0.29) is 17.3 Å². The normalized spacial score (nSPS) is 19.5. The monoisotopic (exact) mass is 522 g/mol. The molecule has 0 saturated carbocycles. The van der Waals surface area contributed by atoms with Gasteiger partial charge in [0.1, 0.15) is 0 Å². The molecule has 0 N–H and O–H groups in total. The van der Waals surface area contributed by atoms with Gasteiger partial charge in [-0.3, -0.25) is 0 Å². The standard InChI is InChI=1S/C41H30/c1-25-23-29-15-7-11-27-13-9-19-33(37(27)29)39(25)41(35-21-5-3-17-31(35)32-18-4-6-22-36(32)41)40-26(2)24-30-16-8-12-28-14-10-20-34(40)38(28)30/h3-24,39-40H,1-2H3. The van der Waals surface area contributed by atoms with Crippen molar-refractivity contribution in [3.8, 4) is 11.1 Å². The number of benzene rings is 6. The fourth-order valence-corrected chi connectivity index (χ4v) is 8.97. The molecule has 0 radical (unpaired) electrons. The first kappa shape index (κ1) is 23.1. The van der Waals surface area contributed by atoms with Crippen LogP contribution in [0, 0.1) is 0 Å². The first-order valence-electron chi connectivity index (χ1n) is 14.8. The van der Waals surface area contributed by atoms with Gasteiger partial charge in [0.05, 0.1) is 0 Å². The molecule has 194 valence electrons. The lowest BCUT2D eigenvalue weighted by Gasteiger charge is -2.49. The second-order valence-corrected chi connectivity index (χ2v) is 12.2. The van der Waals surface area contributed by atoms with Gasteiger partial charge in [0.2, 0.25) is 0 Å². The largest absolute Gasteiger partial charge is 0.0639 e. The molecule has 0 bridgehead atoms. The molecule has 3 aliphatic carbocycles. The molecular formula is C41H30. The smallest absolute Gasteiger partial charge is 0.0426 e. The quantitative estimate of drug-likeness (QED) is 0.212. The molecule has 0 spiro atoms. The summed E-state index contributed by atoms with van der Waals surface area (Å²) in [5, 5.41) is 5.46. The zero-order valence-corrected chi connectivity index (χ0v) is 23.4. The molecule has 6 aromatic rings. The SMILES string of the molecule is CC1=Cc2cccc3cccc(c23)C1C1(C2C(C)=Cc3cccc4cccc2c34)c2ccccc2-c2ccccc21.